The van der Waals surface area contributed by atoms with E-state index in [-0.39, 0.29) is 10.0 Å². The number of benzene rings is 1. The molecule has 2 aromatic rings. The van der Waals surface area contributed by atoms with Gasteiger partial charge in [0.25, 0.3) is 10.0 Å². The smallest absolute Gasteiger partial charge is 0.330 e. The van der Waals surface area contributed by atoms with Crippen molar-refractivity contribution >= 4 is 44.1 Å². The first-order valence-electron chi connectivity index (χ1n) is 7.36. The first-order chi connectivity index (χ1) is 12.3. The lowest BCUT2D eigenvalue weighted by Crippen LogP contribution is -2.13. The van der Waals surface area contributed by atoms with Crippen LogP contribution in [0.3, 0.4) is 0 Å². The summed E-state index contributed by atoms with van der Waals surface area (Å²) in [5.74, 6) is -1.21. The van der Waals surface area contributed by atoms with E-state index in [2.05, 4.69) is 25.0 Å². The molecule has 138 valence electrons. The van der Waals surface area contributed by atoms with Crippen molar-refractivity contribution < 1.29 is 22.7 Å². The molecule has 0 spiro atoms. The van der Waals surface area contributed by atoms with E-state index >= 15 is 0 Å². The molecule has 26 heavy (non-hydrogen) atoms. The molecule has 0 saturated heterocycles. The standard InChI is InChI=1S/C15H16N4O5S2/c1-3-13-17-18-15(25-13)19-26(22,23)11-6-4-10(5-7-11)16-12(20)8-9-14(21)24-2/h4-9H,3H2,1-2H3,(H,16,20)(H,18,19)/b9-8+. The molecule has 2 N–H and O–H groups in total. The van der Waals surface area contributed by atoms with Crippen molar-refractivity contribution in [2.24, 2.45) is 0 Å². The lowest BCUT2D eigenvalue weighted by Gasteiger charge is -2.06. The van der Waals surface area contributed by atoms with Crippen LogP contribution in [0.5, 0.6) is 0 Å². The van der Waals surface area contributed by atoms with E-state index in [9.17, 15) is 18.0 Å². The Balaban J connectivity index is 2.04. The lowest BCUT2D eigenvalue weighted by molar-refractivity contribution is -0.135. The third-order valence-electron chi connectivity index (χ3n) is 3.00. The Bertz CT molecular complexity index is 920. The number of aryl methyl sites for hydroxylation is 1. The van der Waals surface area contributed by atoms with Crippen LogP contribution >= 0.6 is 11.3 Å². The van der Waals surface area contributed by atoms with Crippen molar-refractivity contribution in [3.05, 3.63) is 41.4 Å². The van der Waals surface area contributed by atoms with Crippen molar-refractivity contribution in [3.8, 4) is 0 Å². The number of carbonyl (C=O) groups excluding carboxylic acids is 2. The third-order valence-corrected chi connectivity index (χ3v) is 5.46. The molecule has 0 bridgehead atoms. The molecule has 1 aromatic carbocycles. The highest BCUT2D eigenvalue weighted by atomic mass is 32.2. The van der Waals surface area contributed by atoms with Crippen LogP contribution in [-0.2, 0) is 30.8 Å². The zero-order valence-electron chi connectivity index (χ0n) is 13.9. The molecular formula is C15H16N4O5S2. The zero-order chi connectivity index (χ0) is 19.2. The van der Waals surface area contributed by atoms with Crippen LogP contribution in [0, 0.1) is 0 Å². The van der Waals surface area contributed by atoms with Crippen LogP contribution in [0.4, 0.5) is 10.8 Å². The van der Waals surface area contributed by atoms with Gasteiger partial charge in [-0.25, -0.2) is 13.2 Å². The van der Waals surface area contributed by atoms with Gasteiger partial charge in [-0.1, -0.05) is 18.3 Å². The maximum absolute atomic E-state index is 12.3. The minimum Gasteiger partial charge on any atom is -0.466 e. The van der Waals surface area contributed by atoms with Crippen LogP contribution in [0.25, 0.3) is 0 Å². The molecule has 2 rings (SSSR count). The van der Waals surface area contributed by atoms with Crippen LogP contribution in [0.15, 0.2) is 41.3 Å². The molecule has 0 unspecified atom stereocenters. The highest BCUT2D eigenvalue weighted by molar-refractivity contribution is 7.93. The van der Waals surface area contributed by atoms with Gasteiger partial charge in [0.2, 0.25) is 11.0 Å². The van der Waals surface area contributed by atoms with E-state index in [4.69, 9.17) is 0 Å². The number of rotatable bonds is 7. The summed E-state index contributed by atoms with van der Waals surface area (Å²) in [5.41, 5.74) is 0.368. The summed E-state index contributed by atoms with van der Waals surface area (Å²) < 4.78 is 31.4. The second kappa shape index (κ2) is 8.54. The Morgan fingerprint density at radius 3 is 2.46 bits per heavy atom. The second-order valence-corrected chi connectivity index (χ2v) is 7.57. The van der Waals surface area contributed by atoms with E-state index in [1.165, 1.54) is 31.4 Å². The number of carbonyl (C=O) groups is 2. The van der Waals surface area contributed by atoms with E-state index in [1.807, 2.05) is 6.92 Å². The summed E-state index contributed by atoms with van der Waals surface area (Å²) in [6.07, 6.45) is 2.65. The molecule has 11 heteroatoms. The molecule has 0 saturated carbocycles. The fraction of sp³-hybridized carbons (Fsp3) is 0.200. The molecule has 0 radical (unpaired) electrons. The molecule has 0 aliphatic rings. The number of sulfonamides is 1. The van der Waals surface area contributed by atoms with Crippen LogP contribution in [-0.4, -0.2) is 37.6 Å². The van der Waals surface area contributed by atoms with Gasteiger partial charge in [-0.3, -0.25) is 9.52 Å². The van der Waals surface area contributed by atoms with Crippen molar-refractivity contribution in [1.82, 2.24) is 10.2 Å². The predicted molar refractivity (Wildman–Crippen MR) is 96.3 cm³/mol. The number of amides is 1. The van der Waals surface area contributed by atoms with Gasteiger partial charge < -0.3 is 10.1 Å². The fourth-order valence-corrected chi connectivity index (χ4v) is 3.63. The number of nitrogens with one attached hydrogen (secondary N) is 2. The molecule has 9 nitrogen and oxygen atoms in total. The molecule has 1 aromatic heterocycles. The SMILES string of the molecule is CCc1nnc(NS(=O)(=O)c2ccc(NC(=O)/C=C/C(=O)OC)cc2)s1. The summed E-state index contributed by atoms with van der Waals surface area (Å²) in [6, 6.07) is 5.53. The van der Waals surface area contributed by atoms with Gasteiger partial charge in [-0.2, -0.15) is 0 Å². The first-order valence-corrected chi connectivity index (χ1v) is 9.66. The Labute approximate surface area is 154 Å². The minimum atomic E-state index is -3.81. The number of methoxy groups -OCH3 is 1. The van der Waals surface area contributed by atoms with Crippen molar-refractivity contribution in [1.29, 1.82) is 0 Å². The van der Waals surface area contributed by atoms with Gasteiger partial charge in [-0.15, -0.1) is 10.2 Å². The van der Waals surface area contributed by atoms with Crippen LogP contribution in [0.2, 0.25) is 0 Å². The van der Waals surface area contributed by atoms with Crippen LogP contribution in [0.1, 0.15) is 11.9 Å². The van der Waals surface area contributed by atoms with E-state index in [1.54, 1.807) is 0 Å². The lowest BCUT2D eigenvalue weighted by atomic mass is 10.3. The van der Waals surface area contributed by atoms with Gasteiger partial charge in [-0.05, 0) is 30.7 Å². The molecule has 0 aliphatic carbocycles. The highest BCUT2D eigenvalue weighted by Crippen LogP contribution is 2.21. The Morgan fingerprint density at radius 1 is 1.19 bits per heavy atom. The molecule has 0 atom stereocenters. The number of hydrogen-bond acceptors (Lipinski definition) is 8. The Hall–Kier alpha value is -2.79. The summed E-state index contributed by atoms with van der Waals surface area (Å²) in [4.78, 5) is 22.6. The Kier molecular flexibility index (Phi) is 6.41. The number of ether oxygens (including phenoxy) is 1. The monoisotopic (exact) mass is 396 g/mol. The fourth-order valence-electron chi connectivity index (χ4n) is 1.72. The molecule has 0 aliphatic heterocycles. The quantitative estimate of drug-likeness (QED) is 0.537. The van der Waals surface area contributed by atoms with Crippen molar-refractivity contribution in [3.63, 3.8) is 0 Å². The van der Waals surface area contributed by atoms with Gasteiger partial charge in [0.15, 0.2) is 0 Å². The highest BCUT2D eigenvalue weighted by Gasteiger charge is 2.16. The molecule has 1 amide bonds. The predicted octanol–water partition coefficient (Wildman–Crippen LogP) is 1.57. The number of anilines is 2. The molecular weight excluding hydrogens is 380 g/mol. The zero-order valence-corrected chi connectivity index (χ0v) is 15.6. The van der Waals surface area contributed by atoms with Gasteiger partial charge in [0.1, 0.15) is 5.01 Å². The summed E-state index contributed by atoms with van der Waals surface area (Å²) in [6.45, 7) is 1.90. The number of esters is 1. The normalized spacial score (nSPS) is 11.3. The van der Waals surface area contributed by atoms with Crippen molar-refractivity contribution in [2.45, 2.75) is 18.2 Å². The number of hydrogen-bond donors (Lipinski definition) is 2. The van der Waals surface area contributed by atoms with Gasteiger partial charge in [0, 0.05) is 17.8 Å². The molecule has 0 fully saturated rings. The number of aromatic nitrogens is 2. The summed E-state index contributed by atoms with van der Waals surface area (Å²) in [7, 11) is -2.61. The summed E-state index contributed by atoms with van der Waals surface area (Å²) in [5, 5.41) is 11.0. The molecule has 1 heterocycles. The first kappa shape index (κ1) is 19.5. The maximum atomic E-state index is 12.3. The maximum Gasteiger partial charge on any atom is 0.330 e. The van der Waals surface area contributed by atoms with Crippen molar-refractivity contribution in [2.75, 3.05) is 17.1 Å². The van der Waals surface area contributed by atoms with E-state index < -0.39 is 21.9 Å². The average molecular weight is 396 g/mol. The van der Waals surface area contributed by atoms with E-state index in [0.29, 0.717) is 12.1 Å². The van der Waals surface area contributed by atoms with E-state index in [0.717, 1.165) is 28.5 Å². The Morgan fingerprint density at radius 2 is 1.88 bits per heavy atom. The third kappa shape index (κ3) is 5.36. The second-order valence-electron chi connectivity index (χ2n) is 4.83. The largest absolute Gasteiger partial charge is 0.466 e. The van der Waals surface area contributed by atoms with Crippen LogP contribution < -0.4 is 10.0 Å². The van der Waals surface area contributed by atoms with Gasteiger partial charge >= 0.3 is 5.97 Å². The topological polar surface area (TPSA) is 127 Å². The minimum absolute atomic E-state index is 0.00819. The number of nitrogens with zero attached hydrogens (tertiary/aromatic N) is 2. The average Bonchev–Trinajstić information content (AvgIpc) is 3.07. The van der Waals surface area contributed by atoms with Gasteiger partial charge in [0.05, 0.1) is 12.0 Å². The summed E-state index contributed by atoms with van der Waals surface area (Å²) >= 11 is 1.16.